The lowest BCUT2D eigenvalue weighted by Crippen LogP contribution is -2.36. The molecule has 0 aliphatic carbocycles. The van der Waals surface area contributed by atoms with Crippen LogP contribution in [-0.2, 0) is 16.6 Å². The maximum atomic E-state index is 12.8. The van der Waals surface area contributed by atoms with E-state index in [-0.39, 0.29) is 10.9 Å². The molecule has 0 fully saturated rings. The average molecular weight is 308 g/mol. The monoisotopic (exact) mass is 308 g/mol. The van der Waals surface area contributed by atoms with Gasteiger partial charge in [0.1, 0.15) is 4.90 Å². The van der Waals surface area contributed by atoms with E-state index in [2.05, 4.69) is 10.2 Å². The molecule has 114 valence electrons. The summed E-state index contributed by atoms with van der Waals surface area (Å²) in [5.41, 5.74) is 7.74. The van der Waals surface area contributed by atoms with E-state index in [0.717, 1.165) is 5.56 Å². The van der Waals surface area contributed by atoms with Crippen LogP contribution in [0.2, 0.25) is 0 Å². The Balaban J connectivity index is 2.35. The summed E-state index contributed by atoms with van der Waals surface area (Å²) in [6.07, 6.45) is 1.35. The summed E-state index contributed by atoms with van der Waals surface area (Å²) in [6, 6.07) is 7.04. The molecule has 3 N–H and O–H groups in total. The van der Waals surface area contributed by atoms with Gasteiger partial charge in [0.15, 0.2) is 0 Å². The molecule has 0 amide bonds. The zero-order chi connectivity index (χ0) is 15.6. The molecule has 6 nitrogen and oxygen atoms in total. The summed E-state index contributed by atoms with van der Waals surface area (Å²) < 4.78 is 27.0. The van der Waals surface area contributed by atoms with Crippen LogP contribution in [0.4, 0.5) is 5.69 Å². The minimum atomic E-state index is -3.59. The number of aromatic amines is 1. The number of anilines is 1. The Morgan fingerprint density at radius 2 is 1.90 bits per heavy atom. The molecule has 0 unspecified atom stereocenters. The van der Waals surface area contributed by atoms with E-state index in [1.165, 1.54) is 10.5 Å². The topological polar surface area (TPSA) is 92.1 Å². The summed E-state index contributed by atoms with van der Waals surface area (Å²) in [7, 11) is -3.59. The van der Waals surface area contributed by atoms with E-state index in [1.54, 1.807) is 19.1 Å². The largest absolute Gasteiger partial charge is 0.399 e. The molecule has 0 bridgehead atoms. The van der Waals surface area contributed by atoms with Gasteiger partial charge in [-0.05, 0) is 38.5 Å². The van der Waals surface area contributed by atoms with Crippen molar-refractivity contribution < 1.29 is 8.42 Å². The van der Waals surface area contributed by atoms with E-state index < -0.39 is 10.0 Å². The molecule has 2 rings (SSSR count). The molecule has 0 saturated carbocycles. The Labute approximate surface area is 125 Å². The lowest BCUT2D eigenvalue weighted by atomic mass is 10.2. The second-order valence-corrected chi connectivity index (χ2v) is 7.10. The highest BCUT2D eigenvalue weighted by atomic mass is 32.2. The van der Waals surface area contributed by atoms with Gasteiger partial charge >= 0.3 is 0 Å². The van der Waals surface area contributed by atoms with Gasteiger partial charge in [-0.1, -0.05) is 12.1 Å². The maximum absolute atomic E-state index is 12.8. The molecule has 2 aromatic rings. The van der Waals surface area contributed by atoms with Crippen molar-refractivity contribution in [2.24, 2.45) is 0 Å². The number of H-pyrrole nitrogens is 1. The van der Waals surface area contributed by atoms with Gasteiger partial charge in [-0.15, -0.1) is 0 Å². The van der Waals surface area contributed by atoms with Crippen molar-refractivity contribution in [1.82, 2.24) is 14.5 Å². The van der Waals surface area contributed by atoms with Crippen LogP contribution in [0.25, 0.3) is 0 Å². The van der Waals surface area contributed by atoms with Crippen LogP contribution in [0.15, 0.2) is 35.4 Å². The van der Waals surface area contributed by atoms with Crippen LogP contribution < -0.4 is 5.73 Å². The van der Waals surface area contributed by atoms with Crippen molar-refractivity contribution in [3.63, 3.8) is 0 Å². The number of hydrogen-bond donors (Lipinski definition) is 2. The Morgan fingerprint density at radius 1 is 1.29 bits per heavy atom. The van der Waals surface area contributed by atoms with E-state index >= 15 is 0 Å². The Morgan fingerprint density at radius 3 is 2.38 bits per heavy atom. The highest BCUT2D eigenvalue weighted by molar-refractivity contribution is 7.89. The lowest BCUT2D eigenvalue weighted by Gasteiger charge is -2.25. The van der Waals surface area contributed by atoms with Crippen LogP contribution in [0, 0.1) is 6.92 Å². The van der Waals surface area contributed by atoms with E-state index in [9.17, 15) is 8.42 Å². The molecule has 1 aromatic heterocycles. The van der Waals surface area contributed by atoms with Gasteiger partial charge in [-0.25, -0.2) is 8.42 Å². The number of hydrogen-bond acceptors (Lipinski definition) is 4. The number of aryl methyl sites for hydroxylation is 1. The number of sulfonamides is 1. The molecule has 7 heteroatoms. The van der Waals surface area contributed by atoms with Crippen molar-refractivity contribution in [2.75, 3.05) is 5.73 Å². The number of nitrogen functional groups attached to an aromatic ring is 1. The summed E-state index contributed by atoms with van der Waals surface area (Å²) in [5.74, 6) is 0. The number of benzene rings is 1. The van der Waals surface area contributed by atoms with Crippen LogP contribution in [0.1, 0.15) is 25.1 Å². The first-order valence-corrected chi connectivity index (χ1v) is 8.12. The molecular weight excluding hydrogens is 288 g/mol. The number of aromatic nitrogens is 2. The van der Waals surface area contributed by atoms with Crippen molar-refractivity contribution in [3.05, 3.63) is 41.7 Å². The SMILES string of the molecule is Cc1[nH]ncc1S(=O)(=O)N(Cc1ccc(N)cc1)C(C)C. The van der Waals surface area contributed by atoms with Crippen LogP contribution >= 0.6 is 0 Å². The minimum Gasteiger partial charge on any atom is -0.399 e. The van der Waals surface area contributed by atoms with Crippen molar-refractivity contribution in [2.45, 2.75) is 38.3 Å². The third-order valence-electron chi connectivity index (χ3n) is 3.26. The predicted molar refractivity (Wildman–Crippen MR) is 82.0 cm³/mol. The van der Waals surface area contributed by atoms with Gasteiger partial charge in [0, 0.05) is 18.3 Å². The van der Waals surface area contributed by atoms with Crippen molar-refractivity contribution in [1.29, 1.82) is 0 Å². The normalized spacial score (nSPS) is 12.2. The van der Waals surface area contributed by atoms with Gasteiger partial charge in [-0.3, -0.25) is 5.10 Å². The first-order chi connectivity index (χ1) is 9.82. The quantitative estimate of drug-likeness (QED) is 0.825. The minimum absolute atomic E-state index is 0.165. The molecule has 1 heterocycles. The van der Waals surface area contributed by atoms with Crippen LogP contribution in [0.3, 0.4) is 0 Å². The van der Waals surface area contributed by atoms with Crippen LogP contribution in [0.5, 0.6) is 0 Å². The van der Waals surface area contributed by atoms with Crippen molar-refractivity contribution >= 4 is 15.7 Å². The van der Waals surface area contributed by atoms with Crippen molar-refractivity contribution in [3.8, 4) is 0 Å². The molecule has 1 aromatic carbocycles. The Hall–Kier alpha value is -1.86. The first-order valence-electron chi connectivity index (χ1n) is 6.68. The van der Waals surface area contributed by atoms with Gasteiger partial charge in [0.2, 0.25) is 10.0 Å². The summed E-state index contributed by atoms with van der Waals surface area (Å²) in [5, 5.41) is 6.47. The second kappa shape index (κ2) is 5.87. The third kappa shape index (κ3) is 3.25. The lowest BCUT2D eigenvalue weighted by molar-refractivity contribution is 0.348. The van der Waals surface area contributed by atoms with Gasteiger partial charge < -0.3 is 5.73 Å². The molecule has 0 saturated heterocycles. The van der Waals surface area contributed by atoms with Gasteiger partial charge in [0.25, 0.3) is 0 Å². The highest BCUT2D eigenvalue weighted by Gasteiger charge is 2.29. The fraction of sp³-hybridized carbons (Fsp3) is 0.357. The fourth-order valence-corrected chi connectivity index (χ4v) is 3.82. The molecule has 0 spiro atoms. The predicted octanol–water partition coefficient (Wildman–Crippen LogP) is 1.90. The molecule has 0 atom stereocenters. The number of nitrogens with two attached hydrogens (primary N) is 1. The summed E-state index contributed by atoms with van der Waals surface area (Å²) >= 11 is 0. The zero-order valence-electron chi connectivity index (χ0n) is 12.4. The third-order valence-corrected chi connectivity index (χ3v) is 5.40. The molecule has 21 heavy (non-hydrogen) atoms. The molecule has 0 radical (unpaired) electrons. The van der Waals surface area contributed by atoms with Crippen LogP contribution in [-0.4, -0.2) is 29.0 Å². The molecule has 0 aliphatic heterocycles. The average Bonchev–Trinajstić information content (AvgIpc) is 2.84. The first kappa shape index (κ1) is 15.5. The highest BCUT2D eigenvalue weighted by Crippen LogP contribution is 2.22. The second-order valence-electron chi connectivity index (χ2n) is 5.24. The summed E-state index contributed by atoms with van der Waals surface area (Å²) in [6.45, 7) is 5.70. The van der Waals surface area contributed by atoms with E-state index in [0.29, 0.717) is 17.9 Å². The maximum Gasteiger partial charge on any atom is 0.246 e. The van der Waals surface area contributed by atoms with Gasteiger partial charge in [0.05, 0.1) is 11.9 Å². The number of rotatable bonds is 5. The molecule has 0 aliphatic rings. The zero-order valence-corrected chi connectivity index (χ0v) is 13.2. The molecular formula is C14H20N4O2S. The number of nitrogens with zero attached hydrogens (tertiary/aromatic N) is 2. The summed E-state index contributed by atoms with van der Waals surface area (Å²) in [4.78, 5) is 0.214. The number of nitrogens with one attached hydrogen (secondary N) is 1. The van der Waals surface area contributed by atoms with Gasteiger partial charge in [-0.2, -0.15) is 9.40 Å². The Bertz CT molecular complexity index is 705. The smallest absolute Gasteiger partial charge is 0.246 e. The standard InChI is InChI=1S/C14H20N4O2S/c1-10(2)18(9-12-4-6-13(15)7-5-12)21(19,20)14-8-16-17-11(14)3/h4-8,10H,9,15H2,1-3H3,(H,16,17). The van der Waals surface area contributed by atoms with E-state index in [4.69, 9.17) is 5.73 Å². The Kier molecular flexibility index (Phi) is 4.34. The van der Waals surface area contributed by atoms with E-state index in [1.807, 2.05) is 26.0 Å². The fourth-order valence-electron chi connectivity index (χ4n) is 2.07.